The molecule has 1 aromatic carbocycles. The Balaban J connectivity index is 2.08. The lowest BCUT2D eigenvalue weighted by Gasteiger charge is -2.11. The lowest BCUT2D eigenvalue weighted by molar-refractivity contribution is 0.707. The van der Waals surface area contributed by atoms with Gasteiger partial charge in [0.25, 0.3) is 0 Å². The van der Waals surface area contributed by atoms with Crippen LogP contribution in [0.25, 0.3) is 0 Å². The third kappa shape index (κ3) is 2.81. The summed E-state index contributed by atoms with van der Waals surface area (Å²) >= 11 is 5.77. The first-order valence-corrected chi connectivity index (χ1v) is 5.54. The molecule has 1 heterocycles. The number of aromatic nitrogens is 1. The SMILES string of the molecule is NC(Cc1ccc(Cl)cn1)c1ccccc1. The highest BCUT2D eigenvalue weighted by atomic mass is 35.5. The molecule has 0 aliphatic carbocycles. The van der Waals surface area contributed by atoms with Crippen molar-refractivity contribution in [1.82, 2.24) is 4.98 Å². The molecule has 1 atom stereocenters. The summed E-state index contributed by atoms with van der Waals surface area (Å²) in [6, 6.07) is 13.7. The Labute approximate surface area is 100 Å². The van der Waals surface area contributed by atoms with Gasteiger partial charge in [0.1, 0.15) is 0 Å². The van der Waals surface area contributed by atoms with Crippen molar-refractivity contribution in [2.75, 3.05) is 0 Å². The largest absolute Gasteiger partial charge is 0.324 e. The fourth-order valence-electron chi connectivity index (χ4n) is 1.57. The molecule has 0 aliphatic rings. The maximum Gasteiger partial charge on any atom is 0.0589 e. The average Bonchev–Trinajstić information content (AvgIpc) is 2.33. The molecule has 16 heavy (non-hydrogen) atoms. The highest BCUT2D eigenvalue weighted by Crippen LogP contribution is 2.15. The van der Waals surface area contributed by atoms with E-state index < -0.39 is 0 Å². The minimum atomic E-state index is -0.0186. The molecular formula is C13H13ClN2. The van der Waals surface area contributed by atoms with Crippen molar-refractivity contribution in [3.8, 4) is 0 Å². The Morgan fingerprint density at radius 3 is 2.50 bits per heavy atom. The van der Waals surface area contributed by atoms with Crippen molar-refractivity contribution >= 4 is 11.6 Å². The van der Waals surface area contributed by atoms with Crippen LogP contribution in [0.3, 0.4) is 0 Å². The lowest BCUT2D eigenvalue weighted by Crippen LogP contribution is -2.13. The summed E-state index contributed by atoms with van der Waals surface area (Å²) < 4.78 is 0. The van der Waals surface area contributed by atoms with E-state index in [1.807, 2.05) is 42.5 Å². The third-order valence-corrected chi connectivity index (χ3v) is 2.67. The number of pyridine rings is 1. The maximum absolute atomic E-state index is 6.09. The van der Waals surface area contributed by atoms with Crippen molar-refractivity contribution in [2.45, 2.75) is 12.5 Å². The molecule has 0 fully saturated rings. The van der Waals surface area contributed by atoms with Gasteiger partial charge in [-0.3, -0.25) is 4.98 Å². The fourth-order valence-corrected chi connectivity index (χ4v) is 1.68. The van der Waals surface area contributed by atoms with Gasteiger partial charge in [0.05, 0.1) is 5.02 Å². The predicted octanol–water partition coefficient (Wildman–Crippen LogP) is 2.98. The molecule has 0 spiro atoms. The van der Waals surface area contributed by atoms with E-state index in [9.17, 15) is 0 Å². The predicted molar refractivity (Wildman–Crippen MR) is 66.3 cm³/mol. The van der Waals surface area contributed by atoms with Crippen molar-refractivity contribution in [1.29, 1.82) is 0 Å². The van der Waals surface area contributed by atoms with E-state index >= 15 is 0 Å². The van der Waals surface area contributed by atoms with Crippen LogP contribution >= 0.6 is 11.6 Å². The summed E-state index contributed by atoms with van der Waals surface area (Å²) in [5, 5.41) is 0.650. The Morgan fingerprint density at radius 2 is 1.88 bits per heavy atom. The number of benzene rings is 1. The van der Waals surface area contributed by atoms with Crippen LogP contribution in [0.5, 0.6) is 0 Å². The molecule has 3 heteroatoms. The summed E-state index contributed by atoms with van der Waals surface area (Å²) in [5.74, 6) is 0. The molecule has 0 radical (unpaired) electrons. The molecule has 0 saturated carbocycles. The monoisotopic (exact) mass is 232 g/mol. The highest BCUT2D eigenvalue weighted by Gasteiger charge is 2.06. The summed E-state index contributed by atoms with van der Waals surface area (Å²) in [7, 11) is 0. The molecular weight excluding hydrogens is 220 g/mol. The van der Waals surface area contributed by atoms with Crippen molar-refractivity contribution < 1.29 is 0 Å². The van der Waals surface area contributed by atoms with Crippen LogP contribution in [0.4, 0.5) is 0 Å². The van der Waals surface area contributed by atoms with E-state index in [4.69, 9.17) is 17.3 Å². The molecule has 0 bridgehead atoms. The second-order valence-electron chi connectivity index (χ2n) is 3.69. The first-order chi connectivity index (χ1) is 7.75. The number of hydrogen-bond donors (Lipinski definition) is 1. The van der Waals surface area contributed by atoms with Gasteiger partial charge < -0.3 is 5.73 Å². The fraction of sp³-hybridized carbons (Fsp3) is 0.154. The molecule has 82 valence electrons. The van der Waals surface area contributed by atoms with Gasteiger partial charge in [-0.2, -0.15) is 0 Å². The molecule has 1 unspecified atom stereocenters. The van der Waals surface area contributed by atoms with Crippen LogP contribution in [-0.2, 0) is 6.42 Å². The number of rotatable bonds is 3. The molecule has 2 N–H and O–H groups in total. The minimum absolute atomic E-state index is 0.0186. The molecule has 1 aromatic heterocycles. The van der Waals surface area contributed by atoms with Crippen LogP contribution in [-0.4, -0.2) is 4.98 Å². The number of halogens is 1. The van der Waals surface area contributed by atoms with Crippen molar-refractivity contribution in [3.05, 3.63) is 64.9 Å². The van der Waals surface area contributed by atoms with Gasteiger partial charge >= 0.3 is 0 Å². The van der Waals surface area contributed by atoms with E-state index in [1.54, 1.807) is 6.20 Å². The minimum Gasteiger partial charge on any atom is -0.324 e. The van der Waals surface area contributed by atoms with Gasteiger partial charge in [-0.25, -0.2) is 0 Å². The first kappa shape index (κ1) is 11.1. The first-order valence-electron chi connectivity index (χ1n) is 5.16. The van der Waals surface area contributed by atoms with Gasteiger partial charge in [0.2, 0.25) is 0 Å². The van der Waals surface area contributed by atoms with E-state index in [1.165, 1.54) is 0 Å². The number of hydrogen-bond acceptors (Lipinski definition) is 2. The van der Waals surface area contributed by atoms with Crippen LogP contribution in [0.2, 0.25) is 5.02 Å². The van der Waals surface area contributed by atoms with Gasteiger partial charge in [-0.1, -0.05) is 41.9 Å². The molecule has 0 aliphatic heterocycles. The normalized spacial score (nSPS) is 12.4. The van der Waals surface area contributed by atoms with Crippen molar-refractivity contribution in [2.24, 2.45) is 5.73 Å². The summed E-state index contributed by atoms with van der Waals surface area (Å²) in [6.45, 7) is 0. The molecule has 0 saturated heterocycles. The van der Waals surface area contributed by atoms with Crippen molar-refractivity contribution in [3.63, 3.8) is 0 Å². The molecule has 2 aromatic rings. The van der Waals surface area contributed by atoms with Gasteiger partial charge in [0, 0.05) is 24.4 Å². The van der Waals surface area contributed by atoms with E-state index in [2.05, 4.69) is 4.98 Å². The van der Waals surface area contributed by atoms with E-state index in [0.717, 1.165) is 17.7 Å². The van der Waals surface area contributed by atoms with Crippen LogP contribution in [0, 0.1) is 0 Å². The quantitative estimate of drug-likeness (QED) is 0.884. The zero-order chi connectivity index (χ0) is 11.4. The Kier molecular flexibility index (Phi) is 3.54. The summed E-state index contributed by atoms with van der Waals surface area (Å²) in [4.78, 5) is 4.23. The topological polar surface area (TPSA) is 38.9 Å². The zero-order valence-corrected chi connectivity index (χ0v) is 9.56. The van der Waals surface area contributed by atoms with Gasteiger partial charge in [-0.15, -0.1) is 0 Å². The Hall–Kier alpha value is -1.38. The Bertz CT molecular complexity index is 439. The average molecular weight is 233 g/mol. The highest BCUT2D eigenvalue weighted by molar-refractivity contribution is 6.30. The number of nitrogens with zero attached hydrogens (tertiary/aromatic N) is 1. The standard InChI is InChI=1S/C13H13ClN2/c14-11-6-7-12(16-9-11)8-13(15)10-4-2-1-3-5-10/h1-7,9,13H,8,15H2. The third-order valence-electron chi connectivity index (χ3n) is 2.45. The Morgan fingerprint density at radius 1 is 1.12 bits per heavy atom. The smallest absolute Gasteiger partial charge is 0.0589 e. The zero-order valence-electron chi connectivity index (χ0n) is 8.81. The summed E-state index contributed by atoms with van der Waals surface area (Å²) in [6.07, 6.45) is 2.37. The maximum atomic E-state index is 6.09. The second kappa shape index (κ2) is 5.10. The molecule has 0 amide bonds. The lowest BCUT2D eigenvalue weighted by atomic mass is 10.0. The van der Waals surface area contributed by atoms with Gasteiger partial charge in [0.15, 0.2) is 0 Å². The van der Waals surface area contributed by atoms with Crippen LogP contribution in [0.1, 0.15) is 17.3 Å². The van der Waals surface area contributed by atoms with Crippen LogP contribution in [0.15, 0.2) is 48.7 Å². The second-order valence-corrected chi connectivity index (χ2v) is 4.13. The van der Waals surface area contributed by atoms with E-state index in [-0.39, 0.29) is 6.04 Å². The van der Waals surface area contributed by atoms with Gasteiger partial charge in [-0.05, 0) is 17.7 Å². The summed E-state index contributed by atoms with van der Waals surface area (Å²) in [5.41, 5.74) is 8.18. The number of nitrogens with two attached hydrogens (primary N) is 1. The van der Waals surface area contributed by atoms with E-state index in [0.29, 0.717) is 5.02 Å². The molecule has 2 nitrogen and oxygen atoms in total. The molecule has 2 rings (SSSR count). The van der Waals surface area contributed by atoms with Crippen LogP contribution < -0.4 is 5.73 Å².